The molecule has 0 atom stereocenters. The van der Waals surface area contributed by atoms with E-state index in [1.165, 1.54) is 32.8 Å². The van der Waals surface area contributed by atoms with Gasteiger partial charge in [-0.2, -0.15) is 0 Å². The molecule has 0 saturated heterocycles. The largest absolute Gasteiger partial charge is 0.365 e. The molecule has 1 heteroatoms. The number of benzene rings is 4. The molecule has 0 aliphatic rings. The third kappa shape index (κ3) is 3.68. The lowest BCUT2D eigenvalue weighted by Crippen LogP contribution is -1.89. The molecule has 0 fully saturated rings. The minimum Gasteiger partial charge on any atom is -0.365 e. The first kappa shape index (κ1) is 16.2. The minimum atomic E-state index is 0.967. The van der Waals surface area contributed by atoms with Gasteiger partial charge in [-0.15, -0.1) is 0 Å². The Kier molecular flexibility index (Phi) is 4.79. The third-order valence-corrected chi connectivity index (χ3v) is 4.58. The number of fused-ring (bicyclic) bond motifs is 2. The molecule has 126 valence electrons. The highest BCUT2D eigenvalue weighted by Gasteiger charge is 2.01. The van der Waals surface area contributed by atoms with Crippen LogP contribution in [0.25, 0.3) is 21.5 Å². The van der Waals surface area contributed by atoms with Crippen LogP contribution in [0.1, 0.15) is 11.3 Å². The van der Waals surface area contributed by atoms with Crippen molar-refractivity contribution < 1.29 is 0 Å². The third-order valence-electron chi connectivity index (χ3n) is 4.58. The number of nitrogens with one attached hydrogen (secondary N) is 1. The fourth-order valence-electron chi connectivity index (χ4n) is 3.26. The van der Waals surface area contributed by atoms with E-state index in [1.54, 1.807) is 0 Å². The topological polar surface area (TPSA) is 15.8 Å². The van der Waals surface area contributed by atoms with Crippen LogP contribution >= 0.6 is 0 Å². The molecule has 1 heterocycles. The molecule has 0 saturated carbocycles. The summed E-state index contributed by atoms with van der Waals surface area (Å²) in [5, 5.41) is 5.28. The fourth-order valence-corrected chi connectivity index (χ4v) is 3.26. The molecule has 0 amide bonds. The van der Waals surface area contributed by atoms with Crippen molar-refractivity contribution in [3.8, 4) is 0 Å². The summed E-state index contributed by atoms with van der Waals surface area (Å²) in [4.78, 5) is 3.25. The van der Waals surface area contributed by atoms with E-state index in [2.05, 4.69) is 102 Å². The first-order chi connectivity index (χ1) is 12.9. The molecule has 5 rings (SSSR count). The molecule has 0 aliphatic heterocycles. The number of H-pyrrole nitrogens is 1. The quantitative estimate of drug-likeness (QED) is 0.374. The Hall–Kier alpha value is -3.32. The number of aromatic nitrogens is 1. The number of aromatic amines is 1. The summed E-state index contributed by atoms with van der Waals surface area (Å²) in [7, 11) is 0. The van der Waals surface area contributed by atoms with Crippen LogP contribution in [0.5, 0.6) is 0 Å². The Balaban J connectivity index is 0.000000144. The highest BCUT2D eigenvalue weighted by molar-refractivity contribution is 5.86. The van der Waals surface area contributed by atoms with E-state index >= 15 is 0 Å². The Morgan fingerprint density at radius 1 is 0.500 bits per heavy atom. The molecular formula is C25H21N. The van der Waals surface area contributed by atoms with Crippen LogP contribution in [0.4, 0.5) is 0 Å². The van der Waals surface area contributed by atoms with Crippen molar-refractivity contribution in [2.75, 3.05) is 0 Å². The molecule has 0 radical (unpaired) electrons. The monoisotopic (exact) mass is 335 g/mol. The molecule has 0 aliphatic carbocycles. The molecular weight excluding hydrogens is 314 g/mol. The maximum Gasteiger partial charge on any atom is 0.0191 e. The second-order valence-electron chi connectivity index (χ2n) is 6.36. The highest BCUT2D eigenvalue weighted by atomic mass is 14.7. The summed E-state index contributed by atoms with van der Waals surface area (Å²) in [6, 6.07) is 35.9. The van der Waals surface area contributed by atoms with Gasteiger partial charge in [0.15, 0.2) is 0 Å². The Labute approximate surface area is 153 Å². The van der Waals surface area contributed by atoms with E-state index in [1.807, 2.05) is 12.3 Å². The lowest BCUT2D eigenvalue weighted by molar-refractivity contribution is 1.12. The van der Waals surface area contributed by atoms with Gasteiger partial charge in [0.1, 0.15) is 0 Å². The molecule has 1 aromatic heterocycles. The van der Waals surface area contributed by atoms with Gasteiger partial charge in [-0.1, -0.05) is 91.0 Å². The van der Waals surface area contributed by atoms with Crippen molar-refractivity contribution in [3.63, 3.8) is 0 Å². The van der Waals surface area contributed by atoms with Gasteiger partial charge in [0.2, 0.25) is 0 Å². The summed E-state index contributed by atoms with van der Waals surface area (Å²) < 4.78 is 0. The van der Waals surface area contributed by atoms with Crippen molar-refractivity contribution in [3.05, 3.63) is 121 Å². The Morgan fingerprint density at radius 2 is 1.08 bits per heavy atom. The van der Waals surface area contributed by atoms with Gasteiger partial charge in [0.05, 0.1) is 0 Å². The minimum absolute atomic E-state index is 0.967. The maximum atomic E-state index is 3.25. The van der Waals surface area contributed by atoms with Crippen LogP contribution in [-0.4, -0.2) is 4.98 Å². The second-order valence-corrected chi connectivity index (χ2v) is 6.36. The zero-order valence-electron chi connectivity index (χ0n) is 14.6. The lowest BCUT2D eigenvalue weighted by Gasteiger charge is -2.05. The van der Waals surface area contributed by atoms with E-state index in [0.29, 0.717) is 0 Å². The molecule has 1 nitrogen and oxygen atoms in total. The Bertz CT molecular complexity index is 1040. The zero-order chi connectivity index (χ0) is 17.6. The summed E-state index contributed by atoms with van der Waals surface area (Å²) in [5.74, 6) is 0. The average Bonchev–Trinajstić information content (AvgIpc) is 3.22. The summed E-state index contributed by atoms with van der Waals surface area (Å²) in [6.45, 7) is 0. The normalized spacial score (nSPS) is 10.5. The first-order valence-electron chi connectivity index (χ1n) is 8.93. The molecule has 26 heavy (non-hydrogen) atoms. The van der Waals surface area contributed by atoms with Crippen molar-refractivity contribution >= 4 is 21.5 Å². The highest BCUT2D eigenvalue weighted by Crippen LogP contribution is 2.20. The number of hydrogen-bond donors (Lipinski definition) is 1. The molecule has 5 aromatic rings. The van der Waals surface area contributed by atoms with E-state index in [9.17, 15) is 0 Å². The van der Waals surface area contributed by atoms with Gasteiger partial charge in [-0.05, 0) is 39.2 Å². The fraction of sp³-hybridized carbons (Fsp3) is 0.0400. The SMILES string of the molecule is c1c[nH]c(Cc2cccc3ccccc23)c1.c1ccc2ccccc2c1. The van der Waals surface area contributed by atoms with Gasteiger partial charge >= 0.3 is 0 Å². The van der Waals surface area contributed by atoms with Gasteiger partial charge < -0.3 is 4.98 Å². The predicted octanol–water partition coefficient (Wildman–Crippen LogP) is 6.60. The van der Waals surface area contributed by atoms with Crippen LogP contribution < -0.4 is 0 Å². The van der Waals surface area contributed by atoms with Crippen molar-refractivity contribution in [2.45, 2.75) is 6.42 Å². The summed E-state index contributed by atoms with van der Waals surface area (Å²) in [5.41, 5.74) is 2.64. The van der Waals surface area contributed by atoms with Crippen molar-refractivity contribution in [1.82, 2.24) is 4.98 Å². The summed E-state index contributed by atoms with van der Waals surface area (Å²) >= 11 is 0. The maximum absolute atomic E-state index is 3.25. The Morgan fingerprint density at radius 3 is 1.69 bits per heavy atom. The average molecular weight is 335 g/mol. The van der Waals surface area contributed by atoms with Crippen LogP contribution in [0, 0.1) is 0 Å². The predicted molar refractivity (Wildman–Crippen MR) is 111 cm³/mol. The zero-order valence-corrected chi connectivity index (χ0v) is 14.6. The van der Waals surface area contributed by atoms with Gasteiger partial charge in [-0.25, -0.2) is 0 Å². The van der Waals surface area contributed by atoms with E-state index < -0.39 is 0 Å². The standard InChI is InChI=1S/C15H13N.C10H8/c1-2-9-15-12(5-1)6-3-7-13(15)11-14-8-4-10-16-14;1-2-6-10-8-4-3-7-9(10)5-1/h1-10,16H,11H2;1-8H. The molecule has 4 aromatic carbocycles. The van der Waals surface area contributed by atoms with Gasteiger partial charge in [-0.3, -0.25) is 0 Å². The smallest absolute Gasteiger partial charge is 0.0191 e. The van der Waals surface area contributed by atoms with Gasteiger partial charge in [0.25, 0.3) is 0 Å². The molecule has 0 bridgehead atoms. The first-order valence-corrected chi connectivity index (χ1v) is 8.93. The number of hydrogen-bond acceptors (Lipinski definition) is 0. The molecule has 0 unspecified atom stereocenters. The molecule has 0 spiro atoms. The van der Waals surface area contributed by atoms with Crippen LogP contribution in [0.2, 0.25) is 0 Å². The van der Waals surface area contributed by atoms with Crippen LogP contribution in [0.3, 0.4) is 0 Å². The van der Waals surface area contributed by atoms with E-state index in [4.69, 9.17) is 0 Å². The van der Waals surface area contributed by atoms with Crippen molar-refractivity contribution in [1.29, 1.82) is 0 Å². The van der Waals surface area contributed by atoms with E-state index in [0.717, 1.165) is 6.42 Å². The molecule has 1 N–H and O–H groups in total. The lowest BCUT2D eigenvalue weighted by atomic mass is 10.0. The number of rotatable bonds is 2. The van der Waals surface area contributed by atoms with E-state index in [-0.39, 0.29) is 0 Å². The van der Waals surface area contributed by atoms with Crippen molar-refractivity contribution in [2.24, 2.45) is 0 Å². The second kappa shape index (κ2) is 7.71. The van der Waals surface area contributed by atoms with Crippen LogP contribution in [0.15, 0.2) is 109 Å². The van der Waals surface area contributed by atoms with Gasteiger partial charge in [0, 0.05) is 18.3 Å². The summed E-state index contributed by atoms with van der Waals surface area (Å²) in [6.07, 6.45) is 2.94. The van der Waals surface area contributed by atoms with Crippen LogP contribution in [-0.2, 0) is 6.42 Å².